The van der Waals surface area contributed by atoms with Crippen molar-refractivity contribution in [2.45, 2.75) is 39.7 Å². The molecule has 5 heteroatoms. The van der Waals surface area contributed by atoms with Gasteiger partial charge in [-0.3, -0.25) is 4.79 Å². The van der Waals surface area contributed by atoms with E-state index in [1.165, 1.54) is 6.42 Å². The average molecular weight is 298 g/mol. The van der Waals surface area contributed by atoms with E-state index in [9.17, 15) is 4.79 Å². The predicted octanol–water partition coefficient (Wildman–Crippen LogP) is 2.63. The van der Waals surface area contributed by atoms with Crippen LogP contribution in [0.1, 0.15) is 32.9 Å². The maximum Gasteiger partial charge on any atom is 0.251 e. The van der Waals surface area contributed by atoms with Gasteiger partial charge in [0.25, 0.3) is 5.56 Å². The van der Waals surface area contributed by atoms with E-state index in [1.807, 2.05) is 19.1 Å². The van der Waals surface area contributed by atoms with Crippen LogP contribution < -0.4 is 10.5 Å². The molecule has 0 spiro atoms. The Bertz CT molecular complexity index is 707. The fourth-order valence-corrected chi connectivity index (χ4v) is 2.94. The minimum atomic E-state index is -0.118. The lowest BCUT2D eigenvalue weighted by molar-refractivity contribution is 0.544. The maximum atomic E-state index is 11.7. The summed E-state index contributed by atoms with van der Waals surface area (Å²) >= 11 is 0. The van der Waals surface area contributed by atoms with Gasteiger partial charge in [-0.2, -0.15) is 0 Å². The lowest BCUT2D eigenvalue weighted by atomic mass is 10.1. The highest BCUT2D eigenvalue weighted by Gasteiger charge is 2.28. The second kappa shape index (κ2) is 5.91. The molecule has 3 rings (SSSR count). The third kappa shape index (κ3) is 2.75. The molecule has 116 valence electrons. The van der Waals surface area contributed by atoms with E-state index in [0.29, 0.717) is 17.8 Å². The highest BCUT2D eigenvalue weighted by Crippen LogP contribution is 2.28. The number of aromatic amines is 1. The molecule has 0 bridgehead atoms. The highest BCUT2D eigenvalue weighted by atomic mass is 16.1. The summed E-state index contributed by atoms with van der Waals surface area (Å²) in [5.41, 5.74) is 1.52. The Morgan fingerprint density at radius 2 is 2.18 bits per heavy atom. The number of hydrogen-bond acceptors (Lipinski definition) is 4. The van der Waals surface area contributed by atoms with Crippen LogP contribution in [0, 0.1) is 5.92 Å². The first-order valence-electron chi connectivity index (χ1n) is 7.91. The van der Waals surface area contributed by atoms with Gasteiger partial charge in [-0.15, -0.1) is 0 Å². The molecular weight excluding hydrogens is 276 g/mol. The normalized spacial score (nSPS) is 21.3. The number of hydrogen-bond donors (Lipinski definition) is 1. The molecular formula is C17H22N4O. The zero-order valence-corrected chi connectivity index (χ0v) is 13.3. The first-order valence-corrected chi connectivity index (χ1v) is 7.91. The van der Waals surface area contributed by atoms with Crippen molar-refractivity contribution in [3.8, 4) is 11.4 Å². The van der Waals surface area contributed by atoms with Crippen molar-refractivity contribution in [2.75, 3.05) is 11.4 Å². The van der Waals surface area contributed by atoms with Crippen LogP contribution in [0.15, 0.2) is 29.2 Å². The topological polar surface area (TPSA) is 61.9 Å². The standard InChI is InChI=1S/C17H22N4O/c1-4-14-9-16(22)20-17(19-14)13-5-6-15(18-10-13)21-8-7-11(2)12(21)3/h5-6,9-12H,4,7-8H2,1-3H3,(H,19,20,22). The Kier molecular flexibility index (Phi) is 3.96. The van der Waals surface area contributed by atoms with Gasteiger partial charge in [0.05, 0.1) is 0 Å². The lowest BCUT2D eigenvalue weighted by Crippen LogP contribution is -2.29. The van der Waals surface area contributed by atoms with Crippen LogP contribution in [0.4, 0.5) is 5.82 Å². The fraction of sp³-hybridized carbons (Fsp3) is 0.471. The van der Waals surface area contributed by atoms with Gasteiger partial charge in [-0.25, -0.2) is 9.97 Å². The molecule has 22 heavy (non-hydrogen) atoms. The molecule has 0 aromatic carbocycles. The van der Waals surface area contributed by atoms with Crippen molar-refractivity contribution in [2.24, 2.45) is 5.92 Å². The summed E-state index contributed by atoms with van der Waals surface area (Å²) in [4.78, 5) is 25.8. The zero-order chi connectivity index (χ0) is 15.7. The number of aryl methyl sites for hydroxylation is 1. The predicted molar refractivity (Wildman–Crippen MR) is 88.1 cm³/mol. The number of H-pyrrole nitrogens is 1. The highest BCUT2D eigenvalue weighted by molar-refractivity contribution is 5.56. The minimum absolute atomic E-state index is 0.118. The first kappa shape index (κ1) is 14.8. The summed E-state index contributed by atoms with van der Waals surface area (Å²) < 4.78 is 0. The molecule has 0 aliphatic carbocycles. The van der Waals surface area contributed by atoms with Gasteiger partial charge in [-0.1, -0.05) is 13.8 Å². The summed E-state index contributed by atoms with van der Waals surface area (Å²) in [6.07, 6.45) is 3.74. The van der Waals surface area contributed by atoms with Gasteiger partial charge >= 0.3 is 0 Å². The van der Waals surface area contributed by atoms with Crippen molar-refractivity contribution in [3.63, 3.8) is 0 Å². The van der Waals surface area contributed by atoms with Crippen molar-refractivity contribution >= 4 is 5.82 Å². The molecule has 2 aromatic rings. The second-order valence-corrected chi connectivity index (χ2v) is 6.04. The van der Waals surface area contributed by atoms with E-state index in [-0.39, 0.29) is 5.56 Å². The number of aromatic nitrogens is 3. The third-order valence-electron chi connectivity index (χ3n) is 4.61. The van der Waals surface area contributed by atoms with Gasteiger partial charge < -0.3 is 9.88 Å². The third-order valence-corrected chi connectivity index (χ3v) is 4.61. The van der Waals surface area contributed by atoms with Gasteiger partial charge in [0.2, 0.25) is 0 Å². The monoisotopic (exact) mass is 298 g/mol. The minimum Gasteiger partial charge on any atom is -0.354 e. The molecule has 0 radical (unpaired) electrons. The van der Waals surface area contributed by atoms with Gasteiger partial charge in [0, 0.05) is 36.1 Å². The lowest BCUT2D eigenvalue weighted by Gasteiger charge is -2.24. The van der Waals surface area contributed by atoms with Crippen LogP contribution in [0.2, 0.25) is 0 Å². The Morgan fingerprint density at radius 3 is 2.77 bits per heavy atom. The van der Waals surface area contributed by atoms with Crippen molar-refractivity contribution in [3.05, 3.63) is 40.4 Å². The van der Waals surface area contributed by atoms with Crippen LogP contribution in [-0.4, -0.2) is 27.5 Å². The van der Waals surface area contributed by atoms with Gasteiger partial charge in [-0.05, 0) is 37.8 Å². The molecule has 1 N–H and O–H groups in total. The number of nitrogens with one attached hydrogen (secondary N) is 1. The number of anilines is 1. The van der Waals surface area contributed by atoms with Gasteiger partial charge in [0.1, 0.15) is 11.6 Å². The molecule has 3 heterocycles. The molecule has 1 aliphatic rings. The van der Waals surface area contributed by atoms with E-state index in [1.54, 1.807) is 12.3 Å². The number of rotatable bonds is 3. The summed E-state index contributed by atoms with van der Waals surface area (Å²) in [6.45, 7) is 7.57. The second-order valence-electron chi connectivity index (χ2n) is 6.04. The molecule has 5 nitrogen and oxygen atoms in total. The van der Waals surface area contributed by atoms with Crippen LogP contribution >= 0.6 is 0 Å². The van der Waals surface area contributed by atoms with Crippen molar-refractivity contribution < 1.29 is 0 Å². The molecule has 0 amide bonds. The van der Waals surface area contributed by atoms with Crippen molar-refractivity contribution in [1.82, 2.24) is 15.0 Å². The summed E-state index contributed by atoms with van der Waals surface area (Å²) in [5.74, 6) is 2.28. The smallest absolute Gasteiger partial charge is 0.251 e. The van der Waals surface area contributed by atoms with Crippen LogP contribution in [0.25, 0.3) is 11.4 Å². The Hall–Kier alpha value is -2.17. The zero-order valence-electron chi connectivity index (χ0n) is 13.3. The quantitative estimate of drug-likeness (QED) is 0.946. The first-order chi connectivity index (χ1) is 10.6. The van der Waals surface area contributed by atoms with Crippen molar-refractivity contribution in [1.29, 1.82) is 0 Å². The molecule has 2 atom stereocenters. The van der Waals surface area contributed by atoms with Crippen LogP contribution in [0.5, 0.6) is 0 Å². The Balaban J connectivity index is 1.89. The molecule has 1 aliphatic heterocycles. The number of nitrogens with zero attached hydrogens (tertiary/aromatic N) is 3. The van der Waals surface area contributed by atoms with Gasteiger partial charge in [0.15, 0.2) is 0 Å². The molecule has 1 saturated heterocycles. The van der Waals surface area contributed by atoms with Crippen LogP contribution in [-0.2, 0) is 6.42 Å². The van der Waals surface area contributed by atoms with E-state index < -0.39 is 0 Å². The summed E-state index contributed by atoms with van der Waals surface area (Å²) in [7, 11) is 0. The molecule has 0 saturated carbocycles. The maximum absolute atomic E-state index is 11.7. The summed E-state index contributed by atoms with van der Waals surface area (Å²) in [5, 5.41) is 0. The van der Waals surface area contributed by atoms with E-state index in [4.69, 9.17) is 0 Å². The fourth-order valence-electron chi connectivity index (χ4n) is 2.94. The van der Waals surface area contributed by atoms with E-state index in [2.05, 4.69) is 33.7 Å². The Labute approximate surface area is 130 Å². The van der Waals surface area contributed by atoms with E-state index in [0.717, 1.165) is 30.0 Å². The SMILES string of the molecule is CCc1cc(=O)[nH]c(-c2ccc(N3CCC(C)C3C)nc2)n1. The van der Waals surface area contributed by atoms with E-state index >= 15 is 0 Å². The molecule has 2 unspecified atom stereocenters. The van der Waals surface area contributed by atoms with Crippen LogP contribution in [0.3, 0.4) is 0 Å². The summed E-state index contributed by atoms with van der Waals surface area (Å²) in [6, 6.07) is 6.05. The molecule has 1 fully saturated rings. The average Bonchev–Trinajstić information content (AvgIpc) is 2.86. The number of pyridine rings is 1. The Morgan fingerprint density at radius 1 is 1.36 bits per heavy atom. The largest absolute Gasteiger partial charge is 0.354 e. The molecule has 2 aromatic heterocycles.